The minimum atomic E-state index is 0.745. The Balaban J connectivity index is 2.97. The molecule has 1 radical (unpaired) electrons. The standard InChI is InChI=1S/C6H7O/c1-2-3-4-5-6-7/h2,4-5H,1,3H2. The Kier molecular flexibility index (Phi) is 4.59. The van der Waals surface area contributed by atoms with Gasteiger partial charge in [0.05, 0.1) is 0 Å². The summed E-state index contributed by atoms with van der Waals surface area (Å²) in [5.41, 5.74) is 0. The van der Waals surface area contributed by atoms with Crippen molar-refractivity contribution >= 4 is 5.94 Å². The van der Waals surface area contributed by atoms with E-state index < -0.39 is 0 Å². The second kappa shape index (κ2) is 5.19. The van der Waals surface area contributed by atoms with Crippen molar-refractivity contribution in [3.05, 3.63) is 25.2 Å². The SMILES string of the molecule is C=CC[CH]C=C=O. The summed E-state index contributed by atoms with van der Waals surface area (Å²) >= 11 is 0. The lowest BCUT2D eigenvalue weighted by Gasteiger charge is -1.74. The van der Waals surface area contributed by atoms with Crippen molar-refractivity contribution in [2.24, 2.45) is 0 Å². The first-order valence-electron chi connectivity index (χ1n) is 2.05. The summed E-state index contributed by atoms with van der Waals surface area (Å²) in [6.45, 7) is 3.45. The van der Waals surface area contributed by atoms with Gasteiger partial charge in [-0.2, -0.15) is 0 Å². The molecule has 0 fully saturated rings. The summed E-state index contributed by atoms with van der Waals surface area (Å²) in [6, 6.07) is 0. The van der Waals surface area contributed by atoms with Crippen molar-refractivity contribution in [2.45, 2.75) is 6.42 Å². The topological polar surface area (TPSA) is 17.1 Å². The van der Waals surface area contributed by atoms with Gasteiger partial charge in [-0.3, -0.25) is 0 Å². The van der Waals surface area contributed by atoms with Crippen LogP contribution in [0.3, 0.4) is 0 Å². The maximum absolute atomic E-state index is 9.43. The molecule has 1 nitrogen and oxygen atoms in total. The van der Waals surface area contributed by atoms with E-state index in [1.807, 2.05) is 0 Å². The molecule has 0 heterocycles. The highest BCUT2D eigenvalue weighted by Crippen LogP contribution is 1.83. The van der Waals surface area contributed by atoms with Crippen LogP contribution in [0.25, 0.3) is 0 Å². The average Bonchev–Trinajstić information content (AvgIpc) is 1.69. The zero-order chi connectivity index (χ0) is 5.54. The van der Waals surface area contributed by atoms with Gasteiger partial charge >= 0.3 is 0 Å². The van der Waals surface area contributed by atoms with E-state index in [2.05, 4.69) is 6.58 Å². The summed E-state index contributed by atoms with van der Waals surface area (Å²) in [4.78, 5) is 9.43. The largest absolute Gasteiger partial charge is 0.234 e. The minimum Gasteiger partial charge on any atom is -0.234 e. The molecule has 0 aromatic rings. The number of rotatable bonds is 3. The van der Waals surface area contributed by atoms with Gasteiger partial charge in [0, 0.05) is 6.08 Å². The van der Waals surface area contributed by atoms with Gasteiger partial charge in [0.1, 0.15) is 5.94 Å². The molecule has 0 amide bonds. The maximum Gasteiger partial charge on any atom is 0.120 e. The number of unbranched alkanes of at least 4 members (excludes halogenated alkanes) is 1. The van der Waals surface area contributed by atoms with Crippen LogP contribution in [0.1, 0.15) is 6.42 Å². The quantitative estimate of drug-likeness (QED) is 0.292. The first-order valence-corrected chi connectivity index (χ1v) is 2.05. The molecule has 1 heteroatoms. The lowest BCUT2D eigenvalue weighted by molar-refractivity contribution is 0.569. The Morgan fingerprint density at radius 3 is 2.86 bits per heavy atom. The van der Waals surface area contributed by atoms with Crippen molar-refractivity contribution < 1.29 is 4.79 Å². The van der Waals surface area contributed by atoms with Crippen LogP contribution in [0.2, 0.25) is 0 Å². The Bertz CT molecular complexity index is 88.4. The van der Waals surface area contributed by atoms with Crippen molar-refractivity contribution in [3.63, 3.8) is 0 Å². The van der Waals surface area contributed by atoms with E-state index in [9.17, 15) is 4.79 Å². The highest BCUT2D eigenvalue weighted by Gasteiger charge is 1.70. The summed E-state index contributed by atoms with van der Waals surface area (Å²) in [5.74, 6) is 1.62. The highest BCUT2D eigenvalue weighted by molar-refractivity contribution is 5.47. The fourth-order valence-electron chi connectivity index (χ4n) is 0.212. The van der Waals surface area contributed by atoms with Crippen LogP contribution in [-0.2, 0) is 4.79 Å². The molecule has 0 saturated carbocycles. The minimum absolute atomic E-state index is 0.745. The number of hydrogen-bond donors (Lipinski definition) is 0. The summed E-state index contributed by atoms with van der Waals surface area (Å²) in [5, 5.41) is 0. The predicted molar refractivity (Wildman–Crippen MR) is 29.4 cm³/mol. The van der Waals surface area contributed by atoms with E-state index in [4.69, 9.17) is 0 Å². The van der Waals surface area contributed by atoms with Gasteiger partial charge in [0.25, 0.3) is 0 Å². The van der Waals surface area contributed by atoms with Crippen LogP contribution < -0.4 is 0 Å². The molecule has 0 atom stereocenters. The second-order valence-corrected chi connectivity index (χ2v) is 1.04. The van der Waals surface area contributed by atoms with E-state index in [-0.39, 0.29) is 0 Å². The van der Waals surface area contributed by atoms with Gasteiger partial charge in [0.15, 0.2) is 0 Å². The van der Waals surface area contributed by atoms with Gasteiger partial charge in [0.2, 0.25) is 0 Å². The van der Waals surface area contributed by atoms with Crippen LogP contribution in [0.15, 0.2) is 18.7 Å². The number of carbonyl (C=O) groups excluding carboxylic acids is 1. The van der Waals surface area contributed by atoms with E-state index >= 15 is 0 Å². The van der Waals surface area contributed by atoms with E-state index in [1.54, 1.807) is 18.4 Å². The Morgan fingerprint density at radius 2 is 2.43 bits per heavy atom. The van der Waals surface area contributed by atoms with Gasteiger partial charge in [-0.25, -0.2) is 4.79 Å². The van der Waals surface area contributed by atoms with Gasteiger partial charge < -0.3 is 0 Å². The Hall–Kier alpha value is -0.810. The molecule has 0 aliphatic heterocycles. The lowest BCUT2D eigenvalue weighted by Crippen LogP contribution is -1.62. The first kappa shape index (κ1) is 6.19. The van der Waals surface area contributed by atoms with Crippen LogP contribution in [-0.4, -0.2) is 5.94 Å². The molecule has 7 heavy (non-hydrogen) atoms. The van der Waals surface area contributed by atoms with Gasteiger partial charge in [-0.05, 0) is 12.8 Å². The van der Waals surface area contributed by atoms with Crippen molar-refractivity contribution in [1.82, 2.24) is 0 Å². The normalized spacial score (nSPS) is 6.86. The van der Waals surface area contributed by atoms with Crippen molar-refractivity contribution in [1.29, 1.82) is 0 Å². The van der Waals surface area contributed by atoms with Crippen LogP contribution in [0.5, 0.6) is 0 Å². The molecule has 0 aliphatic carbocycles. The molecule has 0 bridgehead atoms. The highest BCUT2D eigenvalue weighted by atomic mass is 16.1. The molecule has 0 aliphatic rings. The van der Waals surface area contributed by atoms with E-state index in [1.165, 1.54) is 6.08 Å². The van der Waals surface area contributed by atoms with Gasteiger partial charge in [-0.15, -0.1) is 6.58 Å². The van der Waals surface area contributed by atoms with E-state index in [0.29, 0.717) is 0 Å². The molecule has 0 aromatic carbocycles. The molecular weight excluding hydrogens is 88.1 g/mol. The first-order chi connectivity index (χ1) is 3.41. The van der Waals surface area contributed by atoms with Crippen LogP contribution in [0, 0.1) is 6.42 Å². The summed E-state index contributed by atoms with van der Waals surface area (Å²) < 4.78 is 0. The van der Waals surface area contributed by atoms with Crippen molar-refractivity contribution in [3.8, 4) is 0 Å². The molecule has 0 unspecified atom stereocenters. The second-order valence-electron chi connectivity index (χ2n) is 1.04. The zero-order valence-corrected chi connectivity index (χ0v) is 4.05. The Labute approximate surface area is 43.3 Å². The Morgan fingerprint density at radius 1 is 1.71 bits per heavy atom. The van der Waals surface area contributed by atoms with Crippen molar-refractivity contribution in [2.75, 3.05) is 0 Å². The molecule has 37 valence electrons. The molecular formula is C6H7O. The molecule has 0 spiro atoms. The molecule has 0 saturated heterocycles. The number of allylic oxidation sites excluding steroid dienone is 2. The molecule has 0 aromatic heterocycles. The van der Waals surface area contributed by atoms with Crippen LogP contribution in [0.4, 0.5) is 0 Å². The summed E-state index contributed by atoms with van der Waals surface area (Å²) in [7, 11) is 0. The fraction of sp³-hybridized carbons (Fsp3) is 0.167. The average molecular weight is 95.1 g/mol. The third kappa shape index (κ3) is 5.19. The summed E-state index contributed by atoms with van der Waals surface area (Å²) in [6.07, 6.45) is 5.49. The smallest absolute Gasteiger partial charge is 0.120 e. The monoisotopic (exact) mass is 95.0 g/mol. The number of hydrogen-bond acceptors (Lipinski definition) is 1. The zero-order valence-electron chi connectivity index (χ0n) is 4.05. The van der Waals surface area contributed by atoms with E-state index in [0.717, 1.165) is 6.42 Å². The third-order valence-corrected chi connectivity index (χ3v) is 0.489. The molecule has 0 rings (SSSR count). The molecule has 0 N–H and O–H groups in total. The lowest BCUT2D eigenvalue weighted by atomic mass is 10.3. The maximum atomic E-state index is 9.43. The van der Waals surface area contributed by atoms with Crippen LogP contribution >= 0.6 is 0 Å². The van der Waals surface area contributed by atoms with Gasteiger partial charge in [-0.1, -0.05) is 6.08 Å². The fourth-order valence-corrected chi connectivity index (χ4v) is 0.212. The predicted octanol–water partition coefficient (Wildman–Crippen LogP) is 1.15. The third-order valence-electron chi connectivity index (χ3n) is 0.489.